The zero-order valence-corrected chi connectivity index (χ0v) is 22.3. The Morgan fingerprint density at radius 2 is 1.00 bits per heavy atom. The molecule has 0 N–H and O–H groups in total. The molecule has 35 heavy (non-hydrogen) atoms. The number of rotatable bonds is 2. The number of thiophene rings is 2. The summed E-state index contributed by atoms with van der Waals surface area (Å²) in [7, 11) is 3.04. The van der Waals surface area contributed by atoms with Crippen LogP contribution in [0.4, 0.5) is 0 Å². The summed E-state index contributed by atoms with van der Waals surface area (Å²) in [6.45, 7) is 0. The van der Waals surface area contributed by atoms with E-state index in [4.69, 9.17) is 0 Å². The Kier molecular flexibility index (Phi) is 4.37. The Labute approximate surface area is 216 Å². The third-order valence-electron chi connectivity index (χ3n) is 6.59. The number of carbonyl (C=O) groups excluding carboxylic acids is 4. The van der Waals surface area contributed by atoms with Crippen LogP contribution in [0.25, 0.3) is 37.1 Å². The molecule has 2 aromatic carbocycles. The number of hydrogen-bond acceptors (Lipinski definition) is 6. The van der Waals surface area contributed by atoms with Gasteiger partial charge in [0.1, 0.15) is 0 Å². The van der Waals surface area contributed by atoms with Gasteiger partial charge in [-0.15, -0.1) is 0 Å². The second-order valence-electron chi connectivity index (χ2n) is 8.51. The summed E-state index contributed by atoms with van der Waals surface area (Å²) in [6.07, 6.45) is 0. The van der Waals surface area contributed by atoms with Gasteiger partial charge in [0.05, 0.1) is 0 Å². The summed E-state index contributed by atoms with van der Waals surface area (Å²) in [5.74, 6) is -1.04. The quantitative estimate of drug-likeness (QED) is 0.210. The molecule has 0 unspecified atom stereocenters. The third-order valence-corrected chi connectivity index (χ3v) is 13.0. The van der Waals surface area contributed by atoms with Crippen molar-refractivity contribution in [2.24, 2.45) is 0 Å². The molecule has 0 bridgehead atoms. The second-order valence-corrected chi connectivity index (χ2v) is 13.7. The predicted octanol–water partition coefficient (Wildman–Crippen LogP) is 4.96. The van der Waals surface area contributed by atoms with Gasteiger partial charge in [0.2, 0.25) is 0 Å². The zero-order chi connectivity index (χ0) is 24.2. The molecule has 5 heterocycles. The standard InChI is InChI=1S/C26H14N2O4S2Te/c1-27-23(29)13-7-3-5-11(19(13)25(27)31)15-9-17-21(33-15)22-18(35-17)10-16(34-22)12-6-4-8-14-20(12)26(32)28(2)24(14)30/h3-10H,1-2H3. The monoisotopic (exact) mass is 612 g/mol. The summed E-state index contributed by atoms with van der Waals surface area (Å²) in [4.78, 5) is 54.8. The number of imide groups is 2. The van der Waals surface area contributed by atoms with Crippen LogP contribution in [0.2, 0.25) is 0 Å². The van der Waals surface area contributed by atoms with E-state index in [2.05, 4.69) is 12.1 Å². The summed E-state index contributed by atoms with van der Waals surface area (Å²) < 4.78 is 5.08. The van der Waals surface area contributed by atoms with Gasteiger partial charge in [0.15, 0.2) is 0 Å². The van der Waals surface area contributed by atoms with Crippen LogP contribution in [0, 0.1) is 0 Å². The van der Waals surface area contributed by atoms with Gasteiger partial charge in [-0.3, -0.25) is 0 Å². The van der Waals surface area contributed by atoms with Crippen LogP contribution in [0.3, 0.4) is 0 Å². The van der Waals surface area contributed by atoms with Gasteiger partial charge < -0.3 is 0 Å². The van der Waals surface area contributed by atoms with Crippen molar-refractivity contribution < 1.29 is 19.2 Å². The maximum absolute atomic E-state index is 12.8. The minimum atomic E-state index is -0.630. The fraction of sp³-hybridized carbons (Fsp3) is 0.0769. The van der Waals surface area contributed by atoms with Crippen LogP contribution < -0.4 is 0 Å². The van der Waals surface area contributed by atoms with E-state index in [9.17, 15) is 19.2 Å². The molecule has 0 aliphatic carbocycles. The number of nitrogens with zero attached hydrogens (tertiary/aromatic N) is 2. The first-order chi connectivity index (χ1) is 16.8. The summed E-state index contributed by atoms with van der Waals surface area (Å²) in [6, 6.07) is 15.3. The average Bonchev–Trinajstić information content (AvgIpc) is 3.62. The van der Waals surface area contributed by atoms with Gasteiger partial charge in [-0.25, -0.2) is 0 Å². The normalized spacial score (nSPS) is 15.3. The van der Waals surface area contributed by atoms with Crippen LogP contribution in [-0.2, 0) is 0 Å². The molecule has 6 nitrogen and oxygen atoms in total. The first-order valence-corrected chi connectivity index (χ1v) is 14.7. The zero-order valence-electron chi connectivity index (χ0n) is 18.4. The van der Waals surface area contributed by atoms with E-state index in [-0.39, 0.29) is 23.6 Å². The maximum atomic E-state index is 12.8. The van der Waals surface area contributed by atoms with Crippen LogP contribution in [-0.4, -0.2) is 68.0 Å². The van der Waals surface area contributed by atoms with Crippen molar-refractivity contribution >= 4 is 82.9 Å². The predicted molar refractivity (Wildman–Crippen MR) is 138 cm³/mol. The van der Waals surface area contributed by atoms with Gasteiger partial charge in [-0.1, -0.05) is 0 Å². The van der Waals surface area contributed by atoms with Gasteiger partial charge in [-0.05, 0) is 0 Å². The SMILES string of the molecule is CN1C(=O)c2cccc(-c3cc4[te]c5cc(-c6cccc7c6C(=O)N(C)C7=O)sc5c4s3)c2C1=O. The van der Waals surface area contributed by atoms with Crippen LogP contribution in [0.5, 0.6) is 0 Å². The Hall–Kier alpha value is -3.09. The Balaban J connectivity index is 1.38. The molecular weight excluding hydrogens is 596 g/mol. The molecule has 9 heteroatoms. The Morgan fingerprint density at radius 1 is 0.600 bits per heavy atom. The molecule has 5 aromatic rings. The molecule has 0 spiro atoms. The van der Waals surface area contributed by atoms with Crippen LogP contribution in [0.1, 0.15) is 41.4 Å². The average molecular weight is 610 g/mol. The third kappa shape index (κ3) is 2.75. The van der Waals surface area contributed by atoms with E-state index in [1.165, 1.54) is 40.1 Å². The number of amides is 4. The van der Waals surface area contributed by atoms with E-state index in [0.717, 1.165) is 20.9 Å². The fourth-order valence-corrected chi connectivity index (χ4v) is 12.1. The van der Waals surface area contributed by atoms with Crippen molar-refractivity contribution in [1.82, 2.24) is 9.80 Å². The van der Waals surface area contributed by atoms with Crippen molar-refractivity contribution in [3.8, 4) is 20.9 Å². The molecule has 3 aromatic heterocycles. The molecule has 7 rings (SSSR count). The Morgan fingerprint density at radius 3 is 1.43 bits per heavy atom. The van der Waals surface area contributed by atoms with Crippen molar-refractivity contribution in [2.45, 2.75) is 0 Å². The van der Waals surface area contributed by atoms with Gasteiger partial charge in [-0.2, -0.15) is 0 Å². The van der Waals surface area contributed by atoms with Gasteiger partial charge >= 0.3 is 218 Å². The number of benzene rings is 2. The van der Waals surface area contributed by atoms with E-state index in [0.29, 0.717) is 22.3 Å². The molecule has 0 radical (unpaired) electrons. The molecule has 2 aliphatic rings. The molecule has 0 saturated carbocycles. The van der Waals surface area contributed by atoms with E-state index in [1.54, 1.807) is 34.8 Å². The van der Waals surface area contributed by atoms with Crippen LogP contribution in [0.15, 0.2) is 48.5 Å². The number of carbonyl (C=O) groups is 4. The summed E-state index contributed by atoms with van der Waals surface area (Å²) in [5.41, 5.74) is 3.51. The Bertz CT molecular complexity index is 1700. The molecule has 0 atom stereocenters. The van der Waals surface area contributed by atoms with E-state index in [1.807, 2.05) is 24.3 Å². The molecule has 0 fully saturated rings. The number of fused-ring (bicyclic) bond motifs is 5. The van der Waals surface area contributed by atoms with Crippen molar-refractivity contribution in [2.75, 3.05) is 14.1 Å². The minimum absolute atomic E-state index is 0.258. The first kappa shape index (κ1) is 21.2. The summed E-state index contributed by atoms with van der Waals surface area (Å²) in [5, 5.41) is 0. The van der Waals surface area contributed by atoms with Crippen molar-refractivity contribution in [3.63, 3.8) is 0 Å². The second kappa shape index (κ2) is 7.21. The molecule has 0 saturated heterocycles. The molecule has 2 aliphatic heterocycles. The van der Waals surface area contributed by atoms with E-state index < -0.39 is 20.4 Å². The molecule has 170 valence electrons. The van der Waals surface area contributed by atoms with Crippen LogP contribution >= 0.6 is 22.7 Å². The number of hydrogen-bond donors (Lipinski definition) is 0. The molecular formula is C26H14N2O4S2Te. The van der Waals surface area contributed by atoms with Gasteiger partial charge in [0.25, 0.3) is 0 Å². The van der Waals surface area contributed by atoms with Gasteiger partial charge in [0, 0.05) is 0 Å². The fourth-order valence-electron chi connectivity index (χ4n) is 4.81. The topological polar surface area (TPSA) is 74.8 Å². The van der Waals surface area contributed by atoms with Crippen molar-refractivity contribution in [3.05, 3.63) is 70.8 Å². The first-order valence-electron chi connectivity index (χ1n) is 10.7. The summed E-state index contributed by atoms with van der Waals surface area (Å²) >= 11 is 2.68. The van der Waals surface area contributed by atoms with Crippen molar-refractivity contribution in [1.29, 1.82) is 0 Å². The molecule has 4 amide bonds. The van der Waals surface area contributed by atoms with E-state index >= 15 is 0 Å².